The number of rotatable bonds is 2. The Bertz CT molecular complexity index is 534. The SMILES string of the molecule is CCC1CCc2cc(C#N)c(OC)cc2C1C(C)(C)C. The molecule has 1 aliphatic carbocycles. The van der Waals surface area contributed by atoms with E-state index in [0.29, 0.717) is 11.5 Å². The summed E-state index contributed by atoms with van der Waals surface area (Å²) in [4.78, 5) is 0. The standard InChI is InChI=1S/C18H25NO/c1-6-12-7-8-13-9-14(11-19)16(20-5)10-15(13)17(12)18(2,3)4/h9-10,12,17H,6-8H2,1-5H3. The number of ether oxygens (including phenoxy) is 1. The quantitative estimate of drug-likeness (QED) is 0.783. The summed E-state index contributed by atoms with van der Waals surface area (Å²) in [5.41, 5.74) is 3.63. The van der Waals surface area contributed by atoms with Gasteiger partial charge in [0, 0.05) is 0 Å². The molecule has 0 N–H and O–H groups in total. The normalized spacial score (nSPS) is 22.0. The second-order valence-corrected chi connectivity index (χ2v) is 6.91. The molecule has 1 aromatic rings. The summed E-state index contributed by atoms with van der Waals surface area (Å²) in [5, 5.41) is 9.25. The van der Waals surface area contributed by atoms with Crippen LogP contribution in [0.2, 0.25) is 0 Å². The second-order valence-electron chi connectivity index (χ2n) is 6.91. The van der Waals surface area contributed by atoms with E-state index < -0.39 is 0 Å². The van der Waals surface area contributed by atoms with Crippen molar-refractivity contribution >= 4 is 0 Å². The van der Waals surface area contributed by atoms with Gasteiger partial charge in [0.05, 0.1) is 12.7 Å². The summed E-state index contributed by atoms with van der Waals surface area (Å²) in [6.45, 7) is 9.25. The molecule has 108 valence electrons. The molecule has 0 saturated carbocycles. The average Bonchev–Trinajstić information content (AvgIpc) is 2.43. The van der Waals surface area contributed by atoms with Crippen LogP contribution >= 0.6 is 0 Å². The lowest BCUT2D eigenvalue weighted by Crippen LogP contribution is -2.30. The summed E-state index contributed by atoms with van der Waals surface area (Å²) in [6.07, 6.45) is 3.52. The fraction of sp³-hybridized carbons (Fsp3) is 0.611. The number of hydrogen-bond donors (Lipinski definition) is 0. The molecular formula is C18H25NO. The summed E-state index contributed by atoms with van der Waals surface area (Å²) >= 11 is 0. The van der Waals surface area contributed by atoms with E-state index in [1.165, 1.54) is 24.0 Å². The third kappa shape index (κ3) is 2.54. The van der Waals surface area contributed by atoms with E-state index >= 15 is 0 Å². The lowest BCUT2D eigenvalue weighted by Gasteiger charge is -2.42. The highest BCUT2D eigenvalue weighted by molar-refractivity contribution is 5.51. The van der Waals surface area contributed by atoms with Crippen molar-refractivity contribution in [3.8, 4) is 11.8 Å². The highest BCUT2D eigenvalue weighted by Gasteiger charge is 2.37. The number of methoxy groups -OCH3 is 1. The predicted molar refractivity (Wildman–Crippen MR) is 82.0 cm³/mol. The van der Waals surface area contributed by atoms with Crippen LogP contribution in [0.25, 0.3) is 0 Å². The Hall–Kier alpha value is -1.49. The van der Waals surface area contributed by atoms with Crippen LogP contribution in [0, 0.1) is 22.7 Å². The Morgan fingerprint density at radius 3 is 2.55 bits per heavy atom. The van der Waals surface area contributed by atoms with Gasteiger partial charge in [-0.15, -0.1) is 0 Å². The first-order valence-electron chi connectivity index (χ1n) is 7.53. The third-order valence-corrected chi connectivity index (χ3v) is 4.63. The van der Waals surface area contributed by atoms with Crippen LogP contribution < -0.4 is 4.74 Å². The molecular weight excluding hydrogens is 246 g/mol. The molecule has 0 aliphatic heterocycles. The maximum atomic E-state index is 9.25. The van der Waals surface area contributed by atoms with E-state index in [4.69, 9.17) is 4.74 Å². The number of hydrogen-bond acceptors (Lipinski definition) is 2. The highest BCUT2D eigenvalue weighted by atomic mass is 16.5. The fourth-order valence-corrected chi connectivity index (χ4v) is 3.78. The molecule has 2 atom stereocenters. The van der Waals surface area contributed by atoms with Crippen LogP contribution in [0.5, 0.6) is 5.75 Å². The molecule has 0 bridgehead atoms. The highest BCUT2D eigenvalue weighted by Crippen LogP contribution is 2.49. The molecule has 0 saturated heterocycles. The molecule has 20 heavy (non-hydrogen) atoms. The Morgan fingerprint density at radius 1 is 1.35 bits per heavy atom. The topological polar surface area (TPSA) is 33.0 Å². The van der Waals surface area contributed by atoms with E-state index in [1.54, 1.807) is 7.11 Å². The Morgan fingerprint density at radius 2 is 2.05 bits per heavy atom. The molecule has 0 aromatic heterocycles. The van der Waals surface area contributed by atoms with Crippen molar-refractivity contribution in [2.75, 3.05) is 7.11 Å². The number of fused-ring (bicyclic) bond motifs is 1. The number of nitrogens with zero attached hydrogens (tertiary/aromatic N) is 1. The Kier molecular flexibility index (Phi) is 4.09. The van der Waals surface area contributed by atoms with Crippen LogP contribution in [0.4, 0.5) is 0 Å². The summed E-state index contributed by atoms with van der Waals surface area (Å²) in [7, 11) is 1.65. The van der Waals surface area contributed by atoms with Crippen molar-refractivity contribution < 1.29 is 4.74 Å². The van der Waals surface area contributed by atoms with Crippen molar-refractivity contribution in [1.82, 2.24) is 0 Å². The van der Waals surface area contributed by atoms with Gasteiger partial charge in [0.1, 0.15) is 11.8 Å². The van der Waals surface area contributed by atoms with E-state index in [-0.39, 0.29) is 5.41 Å². The van der Waals surface area contributed by atoms with E-state index in [1.807, 2.05) is 6.07 Å². The molecule has 2 unspecified atom stereocenters. The van der Waals surface area contributed by atoms with Gasteiger partial charge in [0.2, 0.25) is 0 Å². The van der Waals surface area contributed by atoms with E-state index in [2.05, 4.69) is 39.8 Å². The van der Waals surface area contributed by atoms with Crippen LogP contribution in [0.1, 0.15) is 63.1 Å². The Balaban J connectivity index is 2.59. The predicted octanol–water partition coefficient (Wildman–Crippen LogP) is 4.67. The van der Waals surface area contributed by atoms with Gasteiger partial charge >= 0.3 is 0 Å². The molecule has 2 rings (SSSR count). The van der Waals surface area contributed by atoms with Gasteiger partial charge in [-0.3, -0.25) is 0 Å². The van der Waals surface area contributed by atoms with Crippen molar-refractivity contribution in [2.24, 2.45) is 11.3 Å². The second kappa shape index (κ2) is 5.48. The largest absolute Gasteiger partial charge is 0.495 e. The van der Waals surface area contributed by atoms with Crippen molar-refractivity contribution in [1.29, 1.82) is 5.26 Å². The molecule has 2 heteroatoms. The van der Waals surface area contributed by atoms with Gasteiger partial charge < -0.3 is 4.74 Å². The molecule has 0 spiro atoms. The minimum Gasteiger partial charge on any atom is -0.495 e. The van der Waals surface area contributed by atoms with Gasteiger partial charge in [-0.25, -0.2) is 0 Å². The minimum atomic E-state index is 0.231. The molecule has 0 radical (unpaired) electrons. The molecule has 0 heterocycles. The van der Waals surface area contributed by atoms with Gasteiger partial charge in [0.25, 0.3) is 0 Å². The van der Waals surface area contributed by atoms with Crippen LogP contribution in [0.15, 0.2) is 12.1 Å². The molecule has 0 fully saturated rings. The maximum Gasteiger partial charge on any atom is 0.136 e. The van der Waals surface area contributed by atoms with Gasteiger partial charge in [-0.1, -0.05) is 34.1 Å². The smallest absolute Gasteiger partial charge is 0.136 e. The van der Waals surface area contributed by atoms with Crippen molar-refractivity contribution in [3.05, 3.63) is 28.8 Å². The monoisotopic (exact) mass is 271 g/mol. The van der Waals surface area contributed by atoms with Gasteiger partial charge in [-0.05, 0) is 53.4 Å². The third-order valence-electron chi connectivity index (χ3n) is 4.63. The van der Waals surface area contributed by atoms with E-state index in [9.17, 15) is 5.26 Å². The summed E-state index contributed by atoms with van der Waals surface area (Å²) in [6, 6.07) is 6.41. The molecule has 1 aliphatic rings. The molecule has 2 nitrogen and oxygen atoms in total. The number of nitriles is 1. The van der Waals surface area contributed by atoms with Crippen LogP contribution in [-0.2, 0) is 6.42 Å². The van der Waals surface area contributed by atoms with Gasteiger partial charge in [0.15, 0.2) is 0 Å². The fourth-order valence-electron chi connectivity index (χ4n) is 3.78. The zero-order valence-corrected chi connectivity index (χ0v) is 13.3. The number of aryl methyl sites for hydroxylation is 1. The summed E-state index contributed by atoms with van der Waals surface area (Å²) in [5.74, 6) is 1.98. The molecule has 0 amide bonds. The lowest BCUT2D eigenvalue weighted by atomic mass is 9.63. The first-order valence-corrected chi connectivity index (χ1v) is 7.53. The Labute approximate surface area is 122 Å². The van der Waals surface area contributed by atoms with Crippen LogP contribution in [-0.4, -0.2) is 7.11 Å². The maximum absolute atomic E-state index is 9.25. The number of benzene rings is 1. The van der Waals surface area contributed by atoms with Gasteiger partial charge in [-0.2, -0.15) is 5.26 Å². The van der Waals surface area contributed by atoms with E-state index in [0.717, 1.165) is 18.1 Å². The van der Waals surface area contributed by atoms with Crippen molar-refractivity contribution in [2.45, 2.75) is 52.9 Å². The summed E-state index contributed by atoms with van der Waals surface area (Å²) < 4.78 is 5.41. The van der Waals surface area contributed by atoms with Crippen molar-refractivity contribution in [3.63, 3.8) is 0 Å². The zero-order valence-electron chi connectivity index (χ0n) is 13.3. The minimum absolute atomic E-state index is 0.231. The molecule has 1 aromatic carbocycles. The first kappa shape index (κ1) is 14.9. The van der Waals surface area contributed by atoms with Crippen LogP contribution in [0.3, 0.4) is 0 Å². The zero-order chi connectivity index (χ0) is 14.9. The average molecular weight is 271 g/mol. The lowest BCUT2D eigenvalue weighted by molar-refractivity contribution is 0.207. The first-order chi connectivity index (χ1) is 9.42.